The van der Waals surface area contributed by atoms with Gasteiger partial charge < -0.3 is 20.7 Å². The maximum Gasteiger partial charge on any atom is 0.220 e. The summed E-state index contributed by atoms with van der Waals surface area (Å²) in [5.74, 6) is -0.196. The Hall–Kier alpha value is -3.88. The van der Waals surface area contributed by atoms with Gasteiger partial charge in [-0.1, -0.05) is 84.6 Å². The molecule has 0 bridgehead atoms. The summed E-state index contributed by atoms with van der Waals surface area (Å²) in [5.41, 5.74) is 12.5. The number of carbonyl (C=O) groups excluding carboxylic acids is 1. The highest BCUT2D eigenvalue weighted by Gasteiger charge is 2.26. The number of likely N-dealkylation sites (N-methyl/N-ethyl adjacent to an activating group) is 1. The quantitative estimate of drug-likeness (QED) is 0.222. The number of nitrogens with two attached hydrogens (primary N) is 1. The number of aliphatic imine (C=N–C) groups is 2. The van der Waals surface area contributed by atoms with Gasteiger partial charge in [-0.15, -0.1) is 0 Å². The van der Waals surface area contributed by atoms with Gasteiger partial charge in [0.2, 0.25) is 5.96 Å². The van der Waals surface area contributed by atoms with Crippen molar-refractivity contribution in [3.8, 4) is 0 Å². The van der Waals surface area contributed by atoms with Crippen LogP contribution in [-0.2, 0) is 9.53 Å². The zero-order valence-corrected chi connectivity index (χ0v) is 34.1. The number of hydrogen-bond donors (Lipinski definition) is 2. The molecule has 0 spiro atoms. The molecule has 0 radical (unpaired) electrons. The highest BCUT2D eigenvalue weighted by molar-refractivity contribution is 6.16. The van der Waals surface area contributed by atoms with E-state index in [4.69, 9.17) is 5.73 Å². The van der Waals surface area contributed by atoms with E-state index in [0.29, 0.717) is 35.4 Å². The number of carbonyl (C=O) groups is 1. The maximum atomic E-state index is 14.0. The van der Waals surface area contributed by atoms with Crippen molar-refractivity contribution in [1.82, 2.24) is 10.2 Å². The number of ketones is 1. The third-order valence-electron chi connectivity index (χ3n) is 7.21. The molecule has 0 aromatic rings. The Bertz CT molecular complexity index is 1340. The Balaban J connectivity index is -0.00000178. The van der Waals surface area contributed by atoms with Crippen molar-refractivity contribution in [2.24, 2.45) is 21.6 Å². The van der Waals surface area contributed by atoms with Crippen LogP contribution in [0.4, 0.5) is 4.39 Å². The molecule has 0 saturated carbocycles. The SMILES string of the molecule is C=C(\C=C/C(=C\C)C1=C(/C)C2=C(CC(C(/C=C\C)=C/C=C(/F)CC)=NC(N)=N2)C(=O)/C=C/C[C@H]\1C)N(C)CC.CC.CC.CCOC.CNC. The van der Waals surface area contributed by atoms with Crippen LogP contribution in [0.15, 0.2) is 116 Å². The largest absolute Gasteiger partial charge is 0.385 e. The summed E-state index contributed by atoms with van der Waals surface area (Å²) < 4.78 is 18.5. The first-order chi connectivity index (χ1) is 23.9. The zero-order chi connectivity index (χ0) is 39.2. The van der Waals surface area contributed by atoms with Crippen molar-refractivity contribution in [3.63, 3.8) is 0 Å². The highest BCUT2D eigenvalue weighted by Crippen LogP contribution is 2.35. The lowest BCUT2D eigenvalue weighted by Gasteiger charge is -2.21. The number of nitrogens with zero attached hydrogens (tertiary/aromatic N) is 3. The average molecular weight is 696 g/mol. The molecule has 0 amide bonds. The van der Waals surface area contributed by atoms with E-state index < -0.39 is 0 Å². The molecule has 7 nitrogen and oxygen atoms in total. The van der Waals surface area contributed by atoms with Crippen LogP contribution in [-0.4, -0.2) is 63.8 Å². The van der Waals surface area contributed by atoms with Crippen LogP contribution in [0.3, 0.4) is 0 Å². The molecular weight excluding hydrogens is 625 g/mol. The first-order valence-electron chi connectivity index (χ1n) is 18.0. The number of allylic oxidation sites excluding steroid dienone is 15. The van der Waals surface area contributed by atoms with E-state index in [9.17, 15) is 9.18 Å². The third kappa shape index (κ3) is 18.8. The fourth-order valence-electron chi connectivity index (χ4n) is 4.50. The van der Waals surface area contributed by atoms with Crippen LogP contribution in [0.2, 0.25) is 0 Å². The lowest BCUT2D eigenvalue weighted by atomic mass is 9.85. The van der Waals surface area contributed by atoms with Crippen molar-refractivity contribution in [2.45, 2.75) is 95.4 Å². The molecule has 0 saturated heterocycles. The summed E-state index contributed by atoms with van der Waals surface area (Å²) in [6.45, 7) is 27.7. The average Bonchev–Trinajstić information content (AvgIpc) is 3.29. The number of nitrogens with one attached hydrogen (secondary N) is 1. The Labute approximate surface area is 305 Å². The Morgan fingerprint density at radius 2 is 1.66 bits per heavy atom. The van der Waals surface area contributed by atoms with Crippen LogP contribution in [0.5, 0.6) is 0 Å². The maximum absolute atomic E-state index is 14.0. The van der Waals surface area contributed by atoms with E-state index >= 15 is 0 Å². The molecule has 2 aliphatic rings. The fourth-order valence-corrected chi connectivity index (χ4v) is 4.50. The molecule has 0 aromatic heterocycles. The first-order valence-corrected chi connectivity index (χ1v) is 18.0. The molecule has 50 heavy (non-hydrogen) atoms. The minimum atomic E-state index is -0.244. The minimum absolute atomic E-state index is 0.0586. The lowest BCUT2D eigenvalue weighted by molar-refractivity contribution is -0.111. The Morgan fingerprint density at radius 3 is 2.14 bits per heavy atom. The van der Waals surface area contributed by atoms with Gasteiger partial charge in [0.1, 0.15) is 0 Å². The predicted molar refractivity (Wildman–Crippen MR) is 219 cm³/mol. The molecule has 3 N–H and O–H groups in total. The molecule has 1 aliphatic carbocycles. The van der Waals surface area contributed by atoms with E-state index in [2.05, 4.69) is 57.5 Å². The van der Waals surface area contributed by atoms with Crippen LogP contribution in [0.1, 0.15) is 95.4 Å². The van der Waals surface area contributed by atoms with Crippen molar-refractivity contribution >= 4 is 17.5 Å². The van der Waals surface area contributed by atoms with Crippen LogP contribution in [0, 0.1) is 5.92 Å². The lowest BCUT2D eigenvalue weighted by Crippen LogP contribution is -2.14. The fraction of sp³-hybridized carbons (Fsp3) is 0.500. The summed E-state index contributed by atoms with van der Waals surface area (Å²) in [5, 5.41) is 2.75. The number of halogens is 1. The molecule has 2 rings (SSSR count). The normalized spacial score (nSPS) is 18.9. The Kier molecular flexibility index (Phi) is 31.4. The van der Waals surface area contributed by atoms with E-state index in [1.165, 1.54) is 6.08 Å². The molecule has 8 heteroatoms. The van der Waals surface area contributed by atoms with Gasteiger partial charge in [-0.05, 0) is 108 Å². The second-order valence-electron chi connectivity index (χ2n) is 10.7. The molecule has 0 aromatic carbocycles. The van der Waals surface area contributed by atoms with Gasteiger partial charge in [0.25, 0.3) is 0 Å². The molecule has 1 heterocycles. The van der Waals surface area contributed by atoms with E-state index in [1.54, 1.807) is 26.2 Å². The van der Waals surface area contributed by atoms with Gasteiger partial charge >= 0.3 is 0 Å². The summed E-state index contributed by atoms with van der Waals surface area (Å²) in [7, 11) is 7.44. The minimum Gasteiger partial charge on any atom is -0.385 e. The van der Waals surface area contributed by atoms with Crippen LogP contribution < -0.4 is 11.1 Å². The van der Waals surface area contributed by atoms with E-state index in [0.717, 1.165) is 35.6 Å². The van der Waals surface area contributed by atoms with Gasteiger partial charge in [-0.2, -0.15) is 0 Å². The number of guanidine groups is 1. The number of rotatable bonds is 10. The summed E-state index contributed by atoms with van der Waals surface area (Å²) in [6, 6.07) is 0. The molecule has 1 aliphatic heterocycles. The monoisotopic (exact) mass is 696 g/mol. The van der Waals surface area contributed by atoms with Crippen molar-refractivity contribution in [1.29, 1.82) is 0 Å². The van der Waals surface area contributed by atoms with Crippen LogP contribution >= 0.6 is 0 Å². The number of methoxy groups -OCH3 is 1. The van der Waals surface area contributed by atoms with Gasteiger partial charge in [-0.3, -0.25) is 4.79 Å². The van der Waals surface area contributed by atoms with Gasteiger partial charge in [0.05, 0.1) is 17.2 Å². The first kappa shape index (κ1) is 50.5. The smallest absolute Gasteiger partial charge is 0.220 e. The second kappa shape index (κ2) is 31.1. The standard InChI is InChI=1S/C33H43FN4O.C3H8O.C2H7N.2C2H6/c1-9-14-26(19-20-27(34)11-3)29-21-28-30(39)16-13-15-22(5)31(24(7)32(28)37-33(35)36-29)25(10-2)18-17-23(6)38(8)12-4;1-3-4-2;1-3-2;2*1-2/h9-10,13-14,16-20,22H,6,11-12,15,21H2,1-5,7-8H3,(H2,35,37);3H2,1-2H3;3H,1-2H3;2*1-2H3/b14-9-,16-13+,18-17-,25-10+,26-19+,27-20+,31-24-;;;;/t22-;;;;/m1..../s1. The Morgan fingerprint density at radius 1 is 1.08 bits per heavy atom. The summed E-state index contributed by atoms with van der Waals surface area (Å²) in [6.07, 6.45) is 17.7. The number of ether oxygens (including phenoxy) is 1. The molecule has 1 atom stereocenters. The van der Waals surface area contributed by atoms with Crippen molar-refractivity contribution in [2.75, 3.05) is 41.4 Å². The van der Waals surface area contributed by atoms with Gasteiger partial charge in [0, 0.05) is 45.0 Å². The summed E-state index contributed by atoms with van der Waals surface area (Å²) in [4.78, 5) is 24.8. The molecule has 282 valence electrons. The summed E-state index contributed by atoms with van der Waals surface area (Å²) >= 11 is 0. The van der Waals surface area contributed by atoms with Crippen LogP contribution in [0.25, 0.3) is 0 Å². The third-order valence-corrected chi connectivity index (χ3v) is 7.21. The molecule has 0 fully saturated rings. The van der Waals surface area contributed by atoms with E-state index in [-0.39, 0.29) is 29.9 Å². The van der Waals surface area contributed by atoms with Gasteiger partial charge in [0.15, 0.2) is 5.78 Å². The topological polar surface area (TPSA) is 92.3 Å². The predicted octanol–water partition coefficient (Wildman–Crippen LogP) is 10.2. The second-order valence-corrected chi connectivity index (χ2v) is 10.7. The zero-order valence-electron chi connectivity index (χ0n) is 34.1. The van der Waals surface area contributed by atoms with Crippen molar-refractivity contribution in [3.05, 3.63) is 106 Å². The number of hydrogen-bond acceptors (Lipinski definition) is 7. The molecular formula is C42H70FN5O2. The van der Waals surface area contributed by atoms with Gasteiger partial charge in [-0.25, -0.2) is 14.4 Å². The van der Waals surface area contributed by atoms with E-state index in [1.807, 2.05) is 101 Å². The highest BCUT2D eigenvalue weighted by atomic mass is 19.1. The molecule has 0 unspecified atom stereocenters. The van der Waals surface area contributed by atoms with Crippen molar-refractivity contribution < 1.29 is 13.9 Å².